The van der Waals surface area contributed by atoms with E-state index in [2.05, 4.69) is 26.5 Å². The number of rotatable bonds is 3. The van der Waals surface area contributed by atoms with Crippen LogP contribution in [0.15, 0.2) is 41.7 Å². The lowest BCUT2D eigenvalue weighted by molar-refractivity contribution is 0.0423. The lowest BCUT2D eigenvalue weighted by Crippen LogP contribution is -2.39. The van der Waals surface area contributed by atoms with E-state index in [0.717, 1.165) is 48.9 Å². The van der Waals surface area contributed by atoms with Gasteiger partial charge in [-0.15, -0.1) is 24.8 Å². The number of aromatic amines is 1. The van der Waals surface area contributed by atoms with Gasteiger partial charge in [0.05, 0.1) is 37.0 Å². The highest BCUT2D eigenvalue weighted by Crippen LogP contribution is 2.42. The number of nitrogens with one attached hydrogen (secondary N) is 2. The predicted molar refractivity (Wildman–Crippen MR) is 110 cm³/mol. The zero-order valence-electron chi connectivity index (χ0n) is 14.4. The average molecular weight is 429 g/mol. The number of anilines is 1. The monoisotopic (exact) mass is 427 g/mol. The molecular formula is C18H20Cl3N5O. The van der Waals surface area contributed by atoms with E-state index < -0.39 is 0 Å². The summed E-state index contributed by atoms with van der Waals surface area (Å²) in [5, 5.41) is 21.1. The van der Waals surface area contributed by atoms with Crippen molar-refractivity contribution in [2.24, 2.45) is 0 Å². The maximum atomic E-state index is 9.91. The highest BCUT2D eigenvalue weighted by atomic mass is 35.5. The SMILES string of the molecule is Cl.Cl.N#CC1=C(CN2CCOCC2)Nc2[nH]ncc2C1c1ccccc1Cl. The van der Waals surface area contributed by atoms with E-state index in [4.69, 9.17) is 16.3 Å². The van der Waals surface area contributed by atoms with Crippen LogP contribution in [0.2, 0.25) is 5.02 Å². The van der Waals surface area contributed by atoms with Gasteiger partial charge in [0.2, 0.25) is 0 Å². The van der Waals surface area contributed by atoms with Crippen LogP contribution in [0.4, 0.5) is 5.82 Å². The molecule has 4 rings (SSSR count). The predicted octanol–water partition coefficient (Wildman–Crippen LogP) is 3.57. The van der Waals surface area contributed by atoms with E-state index in [1.165, 1.54) is 0 Å². The molecule has 27 heavy (non-hydrogen) atoms. The number of hydrogen-bond donors (Lipinski definition) is 2. The van der Waals surface area contributed by atoms with Gasteiger partial charge >= 0.3 is 0 Å². The molecule has 2 aliphatic heterocycles. The smallest absolute Gasteiger partial charge is 0.129 e. The summed E-state index contributed by atoms with van der Waals surface area (Å²) in [6, 6.07) is 10.1. The average Bonchev–Trinajstić information content (AvgIpc) is 3.10. The Morgan fingerprint density at radius 1 is 1.22 bits per heavy atom. The summed E-state index contributed by atoms with van der Waals surface area (Å²) in [4.78, 5) is 2.29. The lowest BCUT2D eigenvalue weighted by Gasteiger charge is -2.32. The molecule has 1 aromatic carbocycles. The summed E-state index contributed by atoms with van der Waals surface area (Å²) in [5.74, 6) is 0.608. The first-order chi connectivity index (χ1) is 12.3. The quantitative estimate of drug-likeness (QED) is 0.781. The number of ether oxygens (including phenoxy) is 1. The number of halogens is 3. The Morgan fingerprint density at radius 2 is 1.96 bits per heavy atom. The molecule has 0 amide bonds. The van der Waals surface area contributed by atoms with Crippen LogP contribution in [0.5, 0.6) is 0 Å². The highest BCUT2D eigenvalue weighted by Gasteiger charge is 2.32. The van der Waals surface area contributed by atoms with Crippen LogP contribution in [-0.2, 0) is 4.74 Å². The summed E-state index contributed by atoms with van der Waals surface area (Å²) < 4.78 is 5.42. The van der Waals surface area contributed by atoms with Gasteiger partial charge in [0, 0.05) is 35.9 Å². The number of benzene rings is 1. The zero-order valence-corrected chi connectivity index (χ0v) is 16.8. The van der Waals surface area contributed by atoms with Crippen LogP contribution < -0.4 is 5.32 Å². The Hall–Kier alpha value is -1.75. The number of allylic oxidation sites excluding steroid dienone is 1. The van der Waals surface area contributed by atoms with Crippen LogP contribution >= 0.6 is 36.4 Å². The molecule has 0 saturated carbocycles. The first kappa shape index (κ1) is 21.5. The third-order valence-corrected chi connectivity index (χ3v) is 5.04. The van der Waals surface area contributed by atoms with Gasteiger partial charge in [-0.1, -0.05) is 29.8 Å². The minimum Gasteiger partial charge on any atom is -0.379 e. The van der Waals surface area contributed by atoms with Crippen molar-refractivity contribution in [1.82, 2.24) is 15.1 Å². The van der Waals surface area contributed by atoms with Crippen molar-refractivity contribution < 1.29 is 4.74 Å². The molecule has 1 unspecified atom stereocenters. The van der Waals surface area contributed by atoms with Crippen molar-refractivity contribution in [3.8, 4) is 6.07 Å². The molecule has 144 valence electrons. The molecule has 2 N–H and O–H groups in total. The van der Waals surface area contributed by atoms with Crippen molar-refractivity contribution >= 4 is 42.2 Å². The fourth-order valence-electron chi connectivity index (χ4n) is 3.43. The molecule has 1 atom stereocenters. The second-order valence-corrected chi connectivity index (χ2v) is 6.58. The molecular weight excluding hydrogens is 409 g/mol. The topological polar surface area (TPSA) is 77.0 Å². The molecule has 1 fully saturated rings. The summed E-state index contributed by atoms with van der Waals surface area (Å²) in [6.45, 7) is 3.83. The van der Waals surface area contributed by atoms with Crippen LogP contribution in [0, 0.1) is 11.3 Å². The Bertz CT molecular complexity index is 855. The standard InChI is InChI=1S/C18H18ClN5O.2ClH/c19-15-4-2-1-3-12(15)17-13(9-20)16(11-24-5-7-25-8-6-24)22-18-14(17)10-21-23-18;;/h1-4,10,17H,5-8,11H2,(H2,21,22,23);2*1H. The summed E-state index contributed by atoms with van der Waals surface area (Å²) in [7, 11) is 0. The van der Waals surface area contributed by atoms with Gasteiger partial charge in [-0.05, 0) is 11.6 Å². The molecule has 9 heteroatoms. The Balaban J connectivity index is 0.00000131. The number of fused-ring (bicyclic) bond motifs is 1. The van der Waals surface area contributed by atoms with Crippen molar-refractivity contribution in [2.75, 3.05) is 38.2 Å². The third kappa shape index (κ3) is 4.23. The normalized spacial score (nSPS) is 19.2. The van der Waals surface area contributed by atoms with Gasteiger partial charge in [0.15, 0.2) is 0 Å². The van der Waals surface area contributed by atoms with E-state index in [9.17, 15) is 5.26 Å². The lowest BCUT2D eigenvalue weighted by atomic mass is 9.83. The number of hydrogen-bond acceptors (Lipinski definition) is 5. The Morgan fingerprint density at radius 3 is 2.67 bits per heavy atom. The van der Waals surface area contributed by atoms with Gasteiger partial charge < -0.3 is 10.1 Å². The van der Waals surface area contributed by atoms with Gasteiger partial charge in [-0.25, -0.2) is 0 Å². The summed E-state index contributed by atoms with van der Waals surface area (Å²) >= 11 is 6.44. The van der Waals surface area contributed by atoms with Crippen molar-refractivity contribution in [1.29, 1.82) is 5.26 Å². The first-order valence-electron chi connectivity index (χ1n) is 8.26. The molecule has 3 heterocycles. The second-order valence-electron chi connectivity index (χ2n) is 6.17. The summed E-state index contributed by atoms with van der Waals surface area (Å²) in [5.41, 5.74) is 3.44. The van der Waals surface area contributed by atoms with Crippen molar-refractivity contribution in [3.05, 3.63) is 57.9 Å². The molecule has 2 aromatic rings. The molecule has 0 radical (unpaired) electrons. The van der Waals surface area contributed by atoms with Crippen molar-refractivity contribution in [3.63, 3.8) is 0 Å². The van der Waals surface area contributed by atoms with E-state index in [-0.39, 0.29) is 30.7 Å². The van der Waals surface area contributed by atoms with E-state index in [1.54, 1.807) is 6.20 Å². The number of H-pyrrole nitrogens is 1. The molecule has 0 aliphatic carbocycles. The first-order valence-corrected chi connectivity index (χ1v) is 8.63. The maximum Gasteiger partial charge on any atom is 0.129 e. The van der Waals surface area contributed by atoms with Gasteiger partial charge in [-0.3, -0.25) is 10.00 Å². The van der Waals surface area contributed by atoms with Gasteiger partial charge in [0.25, 0.3) is 0 Å². The third-order valence-electron chi connectivity index (χ3n) is 4.69. The van der Waals surface area contributed by atoms with Crippen LogP contribution in [0.1, 0.15) is 17.0 Å². The molecule has 0 spiro atoms. The largest absolute Gasteiger partial charge is 0.379 e. The van der Waals surface area contributed by atoms with E-state index in [1.807, 2.05) is 24.3 Å². The van der Waals surface area contributed by atoms with Crippen LogP contribution in [-0.4, -0.2) is 47.9 Å². The van der Waals surface area contributed by atoms with E-state index >= 15 is 0 Å². The number of morpholine rings is 1. The number of nitriles is 1. The van der Waals surface area contributed by atoms with Gasteiger partial charge in [0.1, 0.15) is 5.82 Å². The van der Waals surface area contributed by atoms with Crippen LogP contribution in [0.3, 0.4) is 0 Å². The maximum absolute atomic E-state index is 9.91. The molecule has 1 saturated heterocycles. The van der Waals surface area contributed by atoms with E-state index in [0.29, 0.717) is 17.1 Å². The second kappa shape index (κ2) is 9.45. The zero-order chi connectivity index (χ0) is 17.2. The summed E-state index contributed by atoms with van der Waals surface area (Å²) in [6.07, 6.45) is 1.76. The highest BCUT2D eigenvalue weighted by molar-refractivity contribution is 6.31. The molecule has 6 nitrogen and oxygen atoms in total. The Kier molecular flexibility index (Phi) is 7.54. The van der Waals surface area contributed by atoms with Gasteiger partial charge in [-0.2, -0.15) is 10.4 Å². The number of nitrogens with zero attached hydrogens (tertiary/aromatic N) is 3. The minimum atomic E-state index is -0.218. The minimum absolute atomic E-state index is 0. The molecule has 2 aliphatic rings. The van der Waals surface area contributed by atoms with Crippen molar-refractivity contribution in [2.45, 2.75) is 5.92 Å². The Labute approximate surface area is 175 Å². The molecule has 1 aromatic heterocycles. The fourth-order valence-corrected chi connectivity index (χ4v) is 3.68. The molecule has 0 bridgehead atoms. The van der Waals surface area contributed by atoms with Crippen LogP contribution in [0.25, 0.3) is 0 Å². The fraction of sp³-hybridized carbons (Fsp3) is 0.333. The number of aromatic nitrogens is 2.